The van der Waals surface area contributed by atoms with Crippen LogP contribution in [-0.2, 0) is 0 Å². The third-order valence-corrected chi connectivity index (χ3v) is 1.08. The molecule has 0 nitrogen and oxygen atoms in total. The Balaban J connectivity index is 4.02. The van der Waals surface area contributed by atoms with Crippen molar-refractivity contribution < 1.29 is 22.0 Å². The van der Waals surface area contributed by atoms with Crippen molar-refractivity contribution in [3.8, 4) is 0 Å². The molecule has 0 spiro atoms. The Morgan fingerprint density at radius 1 is 1.00 bits per heavy atom. The van der Waals surface area contributed by atoms with Crippen molar-refractivity contribution in [2.45, 2.75) is 24.7 Å². The summed E-state index contributed by atoms with van der Waals surface area (Å²) in [6.07, 6.45) is -2.71. The molecule has 0 aromatic heterocycles. The highest BCUT2D eigenvalue weighted by Crippen LogP contribution is 2.32. The second-order valence-electron chi connectivity index (χ2n) is 2.27. The second-order valence-corrected chi connectivity index (χ2v) is 2.27. The Labute approximate surface area is 61.4 Å². The van der Waals surface area contributed by atoms with Crippen LogP contribution in [0.3, 0.4) is 0 Å². The van der Waals surface area contributed by atoms with Crippen molar-refractivity contribution >= 4 is 0 Å². The molecule has 67 valence electrons. The lowest BCUT2D eigenvalue weighted by molar-refractivity contribution is -0.118. The van der Waals surface area contributed by atoms with Gasteiger partial charge in [-0.15, -0.1) is 0 Å². The molecule has 0 N–H and O–H groups in total. The molecule has 0 fully saturated rings. The fraction of sp³-hybridized carbons (Fsp3) is 0.833. The van der Waals surface area contributed by atoms with Crippen LogP contribution >= 0.6 is 0 Å². The first kappa shape index (κ1) is 10.7. The van der Waals surface area contributed by atoms with E-state index in [4.69, 9.17) is 0 Å². The zero-order valence-corrected chi connectivity index (χ0v) is 5.72. The Kier molecular flexibility index (Phi) is 3.26. The van der Waals surface area contributed by atoms with E-state index in [1.54, 1.807) is 0 Å². The van der Waals surface area contributed by atoms with Gasteiger partial charge in [0.25, 0.3) is 11.8 Å². The predicted octanol–water partition coefficient (Wildman–Crippen LogP) is 2.84. The Morgan fingerprint density at radius 3 is 1.73 bits per heavy atom. The first-order valence-electron chi connectivity index (χ1n) is 2.94. The molecule has 0 unspecified atom stereocenters. The van der Waals surface area contributed by atoms with Gasteiger partial charge in [-0.05, 0) is 6.92 Å². The van der Waals surface area contributed by atoms with Crippen LogP contribution in [0.15, 0.2) is 0 Å². The molecule has 0 saturated carbocycles. The molecule has 0 aliphatic heterocycles. The molecule has 0 heterocycles. The first-order valence-corrected chi connectivity index (χ1v) is 2.94. The van der Waals surface area contributed by atoms with E-state index in [0.717, 1.165) is 0 Å². The molecule has 0 aliphatic rings. The topological polar surface area (TPSA) is 0 Å². The summed E-state index contributed by atoms with van der Waals surface area (Å²) in [5.41, 5.74) is 0. The van der Waals surface area contributed by atoms with Crippen LogP contribution in [0.1, 0.15) is 12.8 Å². The lowest BCUT2D eigenvalue weighted by Crippen LogP contribution is -2.30. The minimum Gasteiger partial charge on any atom is -0.244 e. The number of halogens is 5. The number of hydrogen-bond acceptors (Lipinski definition) is 0. The molecule has 0 saturated heterocycles. The van der Waals surface area contributed by atoms with Crippen molar-refractivity contribution in [2.24, 2.45) is 0 Å². The van der Waals surface area contributed by atoms with E-state index < -0.39 is 31.4 Å². The lowest BCUT2D eigenvalue weighted by atomic mass is 10.1. The van der Waals surface area contributed by atoms with E-state index in [2.05, 4.69) is 6.92 Å². The van der Waals surface area contributed by atoms with E-state index in [9.17, 15) is 22.0 Å². The monoisotopic (exact) mass is 175 g/mol. The lowest BCUT2D eigenvalue weighted by Gasteiger charge is -2.19. The maximum atomic E-state index is 12.1. The Bertz CT molecular complexity index is 106. The molecule has 0 aliphatic carbocycles. The van der Waals surface area contributed by atoms with Crippen LogP contribution in [0.25, 0.3) is 0 Å². The fourth-order valence-corrected chi connectivity index (χ4v) is 0.514. The molecule has 11 heavy (non-hydrogen) atoms. The summed E-state index contributed by atoms with van der Waals surface area (Å²) in [7, 11) is 0. The van der Waals surface area contributed by atoms with Crippen molar-refractivity contribution in [1.82, 2.24) is 0 Å². The van der Waals surface area contributed by atoms with Gasteiger partial charge in [0.1, 0.15) is 0 Å². The van der Waals surface area contributed by atoms with Crippen molar-refractivity contribution in [3.05, 3.63) is 6.92 Å². The van der Waals surface area contributed by atoms with Gasteiger partial charge >= 0.3 is 0 Å². The van der Waals surface area contributed by atoms with E-state index in [-0.39, 0.29) is 0 Å². The highest BCUT2D eigenvalue weighted by Gasteiger charge is 2.41. The van der Waals surface area contributed by atoms with E-state index >= 15 is 0 Å². The van der Waals surface area contributed by atoms with Gasteiger partial charge in [0, 0.05) is 6.42 Å². The summed E-state index contributed by atoms with van der Waals surface area (Å²) in [5, 5.41) is 0. The maximum Gasteiger partial charge on any atom is 0.281 e. The highest BCUT2D eigenvalue weighted by atomic mass is 19.3. The maximum absolute atomic E-state index is 12.1. The predicted molar refractivity (Wildman–Crippen MR) is 30.5 cm³/mol. The minimum atomic E-state index is -3.93. The largest absolute Gasteiger partial charge is 0.281 e. The Morgan fingerprint density at radius 2 is 1.45 bits per heavy atom. The third kappa shape index (κ3) is 4.16. The van der Waals surface area contributed by atoms with Gasteiger partial charge in [-0.1, -0.05) is 0 Å². The molecular weight excluding hydrogens is 167 g/mol. The van der Waals surface area contributed by atoms with Gasteiger partial charge in [-0.2, -0.15) is 0 Å². The fourth-order valence-electron chi connectivity index (χ4n) is 0.514. The Hall–Kier alpha value is -0.350. The quantitative estimate of drug-likeness (QED) is 0.576. The number of alkyl halides is 5. The number of rotatable bonds is 4. The second kappa shape index (κ2) is 3.36. The van der Waals surface area contributed by atoms with Crippen LogP contribution in [0.5, 0.6) is 0 Å². The van der Waals surface area contributed by atoms with Crippen molar-refractivity contribution in [2.75, 3.05) is 6.67 Å². The van der Waals surface area contributed by atoms with E-state index in [1.807, 2.05) is 0 Å². The van der Waals surface area contributed by atoms with Gasteiger partial charge in [-0.25, -0.2) is 22.0 Å². The zero-order chi connectivity index (χ0) is 9.12. The van der Waals surface area contributed by atoms with Crippen molar-refractivity contribution in [1.29, 1.82) is 0 Å². The van der Waals surface area contributed by atoms with Gasteiger partial charge in [-0.3, -0.25) is 0 Å². The summed E-state index contributed by atoms with van der Waals surface area (Å²) in [6, 6.07) is 0. The standard InChI is InChI=1S/C6H8F5/c1-2-5(8,9)3-6(10,11)4-7/h1-4H2. The van der Waals surface area contributed by atoms with Crippen molar-refractivity contribution in [3.63, 3.8) is 0 Å². The average Bonchev–Trinajstić information content (AvgIpc) is 1.86. The normalized spacial score (nSPS) is 13.6. The summed E-state index contributed by atoms with van der Waals surface area (Å²) >= 11 is 0. The molecule has 0 bridgehead atoms. The van der Waals surface area contributed by atoms with Crippen LogP contribution in [-0.4, -0.2) is 18.5 Å². The van der Waals surface area contributed by atoms with Crippen LogP contribution in [0, 0.1) is 6.92 Å². The molecule has 0 atom stereocenters. The van der Waals surface area contributed by atoms with Crippen LogP contribution < -0.4 is 0 Å². The van der Waals surface area contributed by atoms with Gasteiger partial charge in [0.15, 0.2) is 6.67 Å². The summed E-state index contributed by atoms with van der Waals surface area (Å²) < 4.78 is 59.5. The average molecular weight is 175 g/mol. The SMILES string of the molecule is [CH2]CC(F)(F)CC(F)(F)CF. The van der Waals surface area contributed by atoms with Crippen LogP contribution in [0.2, 0.25) is 0 Å². The van der Waals surface area contributed by atoms with E-state index in [0.29, 0.717) is 0 Å². The molecule has 0 aromatic rings. The number of hydrogen-bond donors (Lipinski definition) is 0. The van der Waals surface area contributed by atoms with Gasteiger partial charge < -0.3 is 0 Å². The smallest absolute Gasteiger partial charge is 0.244 e. The van der Waals surface area contributed by atoms with Crippen LogP contribution in [0.4, 0.5) is 22.0 Å². The molecule has 0 rings (SSSR count). The zero-order valence-electron chi connectivity index (χ0n) is 5.72. The molecule has 1 radical (unpaired) electrons. The summed E-state index contributed by atoms with van der Waals surface area (Å²) in [4.78, 5) is 0. The highest BCUT2D eigenvalue weighted by molar-refractivity contribution is 4.77. The molecule has 0 aromatic carbocycles. The summed E-state index contributed by atoms with van der Waals surface area (Å²) in [6.45, 7) is 0.717. The first-order chi connectivity index (χ1) is 4.83. The molecule has 5 heteroatoms. The molecule has 0 amide bonds. The van der Waals surface area contributed by atoms with Gasteiger partial charge in [0.05, 0.1) is 6.42 Å². The minimum absolute atomic E-state index is 0.942. The molecular formula is C6H8F5. The summed E-state index contributed by atoms with van der Waals surface area (Å²) in [5.74, 6) is -7.50. The van der Waals surface area contributed by atoms with Gasteiger partial charge in [0.2, 0.25) is 0 Å². The third-order valence-electron chi connectivity index (χ3n) is 1.08. The van der Waals surface area contributed by atoms with E-state index in [1.165, 1.54) is 0 Å².